The van der Waals surface area contributed by atoms with Gasteiger partial charge in [-0.05, 0) is 20.8 Å². The maximum Gasteiger partial charge on any atom is 0.333 e. The first kappa shape index (κ1) is 13.5. The molecule has 0 fully saturated rings. The third-order valence-corrected chi connectivity index (χ3v) is 2.96. The van der Waals surface area contributed by atoms with Gasteiger partial charge in [0.25, 0.3) is 0 Å². The van der Waals surface area contributed by atoms with E-state index in [9.17, 15) is 8.78 Å². The summed E-state index contributed by atoms with van der Waals surface area (Å²) in [6, 6.07) is 0. The van der Waals surface area contributed by atoms with Crippen LogP contribution in [0, 0.1) is 13.8 Å². The topological polar surface area (TPSA) is 47.7 Å². The molecule has 19 heavy (non-hydrogen) atoms. The molecule has 0 aliphatic heterocycles. The van der Waals surface area contributed by atoms with Crippen molar-refractivity contribution < 1.29 is 8.78 Å². The Balaban J connectivity index is 2.07. The molecule has 2 heterocycles. The first-order valence-corrected chi connectivity index (χ1v) is 6.12. The first-order chi connectivity index (χ1) is 9.01. The summed E-state index contributed by atoms with van der Waals surface area (Å²) in [5.74, 6) is 0. The van der Waals surface area contributed by atoms with Crippen LogP contribution < -0.4 is 5.32 Å². The van der Waals surface area contributed by atoms with Crippen molar-refractivity contribution in [2.45, 2.75) is 40.4 Å². The van der Waals surface area contributed by atoms with Crippen LogP contribution in [-0.4, -0.2) is 19.6 Å². The molecule has 2 aromatic heterocycles. The summed E-state index contributed by atoms with van der Waals surface area (Å²) >= 11 is 0. The summed E-state index contributed by atoms with van der Waals surface area (Å²) < 4.78 is 27.5. The van der Waals surface area contributed by atoms with Gasteiger partial charge in [0.2, 0.25) is 0 Å². The predicted octanol–water partition coefficient (Wildman–Crippen LogP) is 2.72. The van der Waals surface area contributed by atoms with Crippen molar-refractivity contribution in [1.29, 1.82) is 0 Å². The predicted molar refractivity (Wildman–Crippen MR) is 68.2 cm³/mol. The zero-order chi connectivity index (χ0) is 14.0. The minimum atomic E-state index is -2.61. The number of aromatic nitrogens is 4. The maximum atomic E-state index is 12.5. The van der Waals surface area contributed by atoms with Gasteiger partial charge in [0.05, 0.1) is 23.3 Å². The lowest BCUT2D eigenvalue weighted by Gasteiger charge is -2.03. The van der Waals surface area contributed by atoms with Crippen LogP contribution >= 0.6 is 0 Å². The highest BCUT2D eigenvalue weighted by Gasteiger charge is 2.11. The SMILES string of the molecule is CCn1cc(CNc2cn(C(F)F)nc2C)c(C)n1. The highest BCUT2D eigenvalue weighted by atomic mass is 19.3. The Morgan fingerprint density at radius 2 is 1.95 bits per heavy atom. The van der Waals surface area contributed by atoms with Crippen LogP contribution in [0.1, 0.15) is 30.4 Å². The van der Waals surface area contributed by atoms with Crippen molar-refractivity contribution in [2.24, 2.45) is 0 Å². The smallest absolute Gasteiger partial charge is 0.333 e. The molecule has 0 saturated carbocycles. The van der Waals surface area contributed by atoms with Crippen LogP contribution in [0.3, 0.4) is 0 Å². The van der Waals surface area contributed by atoms with E-state index in [4.69, 9.17) is 0 Å². The van der Waals surface area contributed by atoms with Gasteiger partial charge in [-0.1, -0.05) is 0 Å². The molecule has 0 aliphatic carbocycles. The second-order valence-corrected chi connectivity index (χ2v) is 4.33. The molecule has 2 aromatic rings. The van der Waals surface area contributed by atoms with E-state index in [1.54, 1.807) is 6.92 Å². The molecule has 0 bridgehead atoms. The van der Waals surface area contributed by atoms with Gasteiger partial charge in [0, 0.05) is 24.8 Å². The number of anilines is 1. The fourth-order valence-corrected chi connectivity index (χ4v) is 1.84. The lowest BCUT2D eigenvalue weighted by molar-refractivity contribution is 0.0563. The average Bonchev–Trinajstić information content (AvgIpc) is 2.90. The van der Waals surface area contributed by atoms with E-state index >= 15 is 0 Å². The number of hydrogen-bond acceptors (Lipinski definition) is 3. The summed E-state index contributed by atoms with van der Waals surface area (Å²) in [7, 11) is 0. The Bertz CT molecular complexity index is 558. The molecule has 7 heteroatoms. The molecule has 0 radical (unpaired) electrons. The lowest BCUT2D eigenvalue weighted by atomic mass is 10.2. The van der Waals surface area contributed by atoms with Gasteiger partial charge < -0.3 is 5.32 Å². The third-order valence-electron chi connectivity index (χ3n) is 2.96. The molecule has 0 atom stereocenters. The average molecular weight is 269 g/mol. The normalized spacial score (nSPS) is 11.3. The molecular formula is C12H17F2N5. The van der Waals surface area contributed by atoms with E-state index in [2.05, 4.69) is 15.5 Å². The number of aryl methyl sites for hydroxylation is 3. The number of alkyl halides is 2. The van der Waals surface area contributed by atoms with Crippen molar-refractivity contribution >= 4 is 5.69 Å². The Hall–Kier alpha value is -1.92. The summed E-state index contributed by atoms with van der Waals surface area (Å²) in [4.78, 5) is 0. The van der Waals surface area contributed by atoms with E-state index in [0.29, 0.717) is 22.6 Å². The molecule has 2 rings (SSSR count). The fourth-order valence-electron chi connectivity index (χ4n) is 1.84. The van der Waals surface area contributed by atoms with Gasteiger partial charge in [-0.3, -0.25) is 4.68 Å². The maximum absolute atomic E-state index is 12.5. The molecule has 0 amide bonds. The molecule has 0 aromatic carbocycles. The minimum Gasteiger partial charge on any atom is -0.378 e. The molecule has 0 aliphatic rings. The van der Waals surface area contributed by atoms with Gasteiger partial charge >= 0.3 is 6.55 Å². The van der Waals surface area contributed by atoms with Gasteiger partial charge in [-0.25, -0.2) is 4.68 Å². The van der Waals surface area contributed by atoms with E-state index in [1.165, 1.54) is 6.20 Å². The third kappa shape index (κ3) is 2.91. The molecule has 5 nitrogen and oxygen atoms in total. The van der Waals surface area contributed by atoms with Crippen LogP contribution in [0.25, 0.3) is 0 Å². The number of halogens is 2. The number of hydrogen-bond donors (Lipinski definition) is 1. The largest absolute Gasteiger partial charge is 0.378 e. The van der Waals surface area contributed by atoms with E-state index < -0.39 is 6.55 Å². The van der Waals surface area contributed by atoms with Gasteiger partial charge in [-0.15, -0.1) is 0 Å². The van der Waals surface area contributed by atoms with Crippen molar-refractivity contribution in [3.8, 4) is 0 Å². The molecule has 1 N–H and O–H groups in total. The van der Waals surface area contributed by atoms with E-state index in [1.807, 2.05) is 24.7 Å². The van der Waals surface area contributed by atoms with Crippen LogP contribution in [-0.2, 0) is 13.1 Å². The second kappa shape index (κ2) is 5.38. The number of nitrogens with one attached hydrogen (secondary N) is 1. The van der Waals surface area contributed by atoms with Gasteiger partial charge in [0.1, 0.15) is 0 Å². The molecule has 0 saturated heterocycles. The molecular weight excluding hydrogens is 252 g/mol. The van der Waals surface area contributed by atoms with Crippen molar-refractivity contribution in [2.75, 3.05) is 5.32 Å². The number of nitrogens with zero attached hydrogens (tertiary/aromatic N) is 4. The Morgan fingerprint density at radius 1 is 1.21 bits per heavy atom. The standard InChI is InChI=1S/C12H17F2N5/c1-4-18-6-10(8(2)16-18)5-15-11-7-19(12(13)14)17-9(11)3/h6-7,12,15H,4-5H2,1-3H3. The summed E-state index contributed by atoms with van der Waals surface area (Å²) in [6.45, 7) is 4.38. The lowest BCUT2D eigenvalue weighted by Crippen LogP contribution is -2.00. The van der Waals surface area contributed by atoms with E-state index in [-0.39, 0.29) is 0 Å². The first-order valence-electron chi connectivity index (χ1n) is 6.12. The summed E-state index contributed by atoms with van der Waals surface area (Å²) in [5, 5.41) is 11.2. The Kier molecular flexibility index (Phi) is 3.82. The Morgan fingerprint density at radius 3 is 2.47 bits per heavy atom. The monoisotopic (exact) mass is 269 g/mol. The summed E-state index contributed by atoms with van der Waals surface area (Å²) in [5.41, 5.74) is 3.16. The van der Waals surface area contributed by atoms with Gasteiger partial charge in [0.15, 0.2) is 0 Å². The van der Waals surface area contributed by atoms with Crippen LogP contribution in [0.2, 0.25) is 0 Å². The highest BCUT2D eigenvalue weighted by Crippen LogP contribution is 2.19. The van der Waals surface area contributed by atoms with Crippen LogP contribution in [0.15, 0.2) is 12.4 Å². The van der Waals surface area contributed by atoms with E-state index in [0.717, 1.165) is 17.8 Å². The zero-order valence-corrected chi connectivity index (χ0v) is 11.2. The molecule has 104 valence electrons. The quantitative estimate of drug-likeness (QED) is 0.908. The minimum absolute atomic E-state index is 0.543. The van der Waals surface area contributed by atoms with Crippen molar-refractivity contribution in [3.05, 3.63) is 29.3 Å². The summed E-state index contributed by atoms with van der Waals surface area (Å²) in [6.07, 6.45) is 3.27. The zero-order valence-electron chi connectivity index (χ0n) is 11.2. The Labute approximate surface area is 110 Å². The molecule has 0 unspecified atom stereocenters. The second-order valence-electron chi connectivity index (χ2n) is 4.33. The molecule has 0 spiro atoms. The number of rotatable bonds is 5. The van der Waals surface area contributed by atoms with Crippen molar-refractivity contribution in [3.63, 3.8) is 0 Å². The van der Waals surface area contributed by atoms with Gasteiger partial charge in [-0.2, -0.15) is 19.0 Å². The fraction of sp³-hybridized carbons (Fsp3) is 0.500. The van der Waals surface area contributed by atoms with Crippen molar-refractivity contribution in [1.82, 2.24) is 19.6 Å². The van der Waals surface area contributed by atoms with Crippen LogP contribution in [0.5, 0.6) is 0 Å². The van der Waals surface area contributed by atoms with Crippen LogP contribution in [0.4, 0.5) is 14.5 Å². The highest BCUT2D eigenvalue weighted by molar-refractivity contribution is 5.46.